The van der Waals surface area contributed by atoms with E-state index in [0.29, 0.717) is 12.0 Å². The summed E-state index contributed by atoms with van der Waals surface area (Å²) >= 11 is 0. The molecule has 0 unspecified atom stereocenters. The first-order valence-corrected chi connectivity index (χ1v) is 10.5. The van der Waals surface area contributed by atoms with Gasteiger partial charge in [-0.3, -0.25) is 0 Å². The minimum absolute atomic E-state index is 0.455. The maximum Gasteiger partial charge on any atom is 0.0571 e. The van der Waals surface area contributed by atoms with Crippen LogP contribution in [0.15, 0.2) is 48.5 Å². The van der Waals surface area contributed by atoms with Crippen molar-refractivity contribution in [2.45, 2.75) is 63.9 Å². The lowest BCUT2D eigenvalue weighted by atomic mass is 9.82. The zero-order chi connectivity index (χ0) is 19.6. The Morgan fingerprint density at radius 1 is 0.821 bits per heavy atom. The molecule has 2 aromatic carbocycles. The van der Waals surface area contributed by atoms with Crippen molar-refractivity contribution >= 4 is 0 Å². The fraction of sp³-hybridized carbons (Fsp3) is 0.407. The summed E-state index contributed by atoms with van der Waals surface area (Å²) in [6, 6.07) is 17.2. The van der Waals surface area contributed by atoms with Gasteiger partial charge < -0.3 is 4.74 Å². The molecule has 1 aliphatic rings. The molecule has 0 radical (unpaired) electrons. The SMILES string of the molecule is CCCC#CCc1ccc(C#Cc2ccc(C3CCC(OC)CC3)cc2)cc1. The third-order valence-corrected chi connectivity index (χ3v) is 5.49. The number of hydrogen-bond donors (Lipinski definition) is 0. The average molecular weight is 371 g/mol. The first kappa shape index (κ1) is 20.3. The van der Waals surface area contributed by atoms with Gasteiger partial charge in [-0.05, 0) is 73.4 Å². The summed E-state index contributed by atoms with van der Waals surface area (Å²) in [5, 5.41) is 0. The predicted octanol–water partition coefficient (Wildman–Crippen LogP) is 6.11. The van der Waals surface area contributed by atoms with Crippen molar-refractivity contribution in [1.29, 1.82) is 0 Å². The van der Waals surface area contributed by atoms with Gasteiger partial charge in [0.1, 0.15) is 0 Å². The van der Waals surface area contributed by atoms with Gasteiger partial charge >= 0.3 is 0 Å². The molecule has 1 fully saturated rings. The van der Waals surface area contributed by atoms with Crippen LogP contribution in [0.4, 0.5) is 0 Å². The molecule has 1 aliphatic carbocycles. The van der Waals surface area contributed by atoms with Crippen molar-refractivity contribution in [3.63, 3.8) is 0 Å². The Balaban J connectivity index is 1.56. The van der Waals surface area contributed by atoms with E-state index in [0.717, 1.165) is 30.4 Å². The molecule has 0 aromatic heterocycles. The van der Waals surface area contributed by atoms with Gasteiger partial charge in [0.2, 0.25) is 0 Å². The Morgan fingerprint density at radius 3 is 2.00 bits per heavy atom. The number of benzene rings is 2. The van der Waals surface area contributed by atoms with Gasteiger partial charge in [-0.25, -0.2) is 0 Å². The summed E-state index contributed by atoms with van der Waals surface area (Å²) in [4.78, 5) is 0. The van der Waals surface area contributed by atoms with Crippen LogP contribution in [-0.4, -0.2) is 13.2 Å². The minimum Gasteiger partial charge on any atom is -0.381 e. The lowest BCUT2D eigenvalue weighted by Crippen LogP contribution is -2.19. The van der Waals surface area contributed by atoms with Gasteiger partial charge in [0.15, 0.2) is 0 Å². The quantitative estimate of drug-likeness (QED) is 0.590. The standard InChI is InChI=1S/C27H30O/c1-3-4-5-6-7-22-8-10-23(11-9-22)12-13-24-14-16-25(17-15-24)26-18-20-27(28-2)21-19-26/h8-11,14-17,26-27H,3-4,7,18-21H2,1-2H3. The normalized spacial score (nSPS) is 18.5. The number of methoxy groups -OCH3 is 1. The van der Waals surface area contributed by atoms with Crippen LogP contribution in [0.5, 0.6) is 0 Å². The molecule has 144 valence electrons. The van der Waals surface area contributed by atoms with E-state index in [9.17, 15) is 0 Å². The van der Waals surface area contributed by atoms with Gasteiger partial charge in [0.25, 0.3) is 0 Å². The van der Waals surface area contributed by atoms with E-state index in [1.54, 1.807) is 0 Å². The summed E-state index contributed by atoms with van der Waals surface area (Å²) in [5.41, 5.74) is 4.81. The summed E-state index contributed by atoms with van der Waals surface area (Å²) in [5.74, 6) is 13.6. The average Bonchev–Trinajstić information content (AvgIpc) is 2.76. The molecule has 1 nitrogen and oxygen atoms in total. The topological polar surface area (TPSA) is 9.23 Å². The number of unbranched alkanes of at least 4 members (excludes halogenated alkanes) is 1. The van der Waals surface area contributed by atoms with E-state index >= 15 is 0 Å². The molecule has 0 bridgehead atoms. The van der Waals surface area contributed by atoms with E-state index in [4.69, 9.17) is 4.74 Å². The van der Waals surface area contributed by atoms with Crippen molar-refractivity contribution in [3.05, 3.63) is 70.8 Å². The zero-order valence-electron chi connectivity index (χ0n) is 17.1. The van der Waals surface area contributed by atoms with Crippen molar-refractivity contribution in [2.75, 3.05) is 7.11 Å². The van der Waals surface area contributed by atoms with Crippen molar-refractivity contribution < 1.29 is 4.74 Å². The van der Waals surface area contributed by atoms with E-state index < -0.39 is 0 Å². The van der Waals surface area contributed by atoms with Crippen LogP contribution in [0.2, 0.25) is 0 Å². The first-order valence-electron chi connectivity index (χ1n) is 10.5. The minimum atomic E-state index is 0.455. The van der Waals surface area contributed by atoms with Gasteiger partial charge in [0, 0.05) is 31.1 Å². The van der Waals surface area contributed by atoms with Crippen molar-refractivity contribution in [3.8, 4) is 23.7 Å². The number of rotatable bonds is 4. The van der Waals surface area contributed by atoms with Gasteiger partial charge in [-0.1, -0.05) is 49.0 Å². The second-order valence-corrected chi connectivity index (χ2v) is 7.56. The number of hydrogen-bond acceptors (Lipinski definition) is 1. The molecule has 28 heavy (non-hydrogen) atoms. The maximum atomic E-state index is 5.48. The summed E-state index contributed by atoms with van der Waals surface area (Å²) in [6.45, 7) is 2.16. The van der Waals surface area contributed by atoms with Crippen LogP contribution in [0.25, 0.3) is 0 Å². The van der Waals surface area contributed by atoms with Crippen LogP contribution in [0, 0.1) is 23.7 Å². The molecule has 2 aromatic rings. The van der Waals surface area contributed by atoms with Crippen LogP contribution >= 0.6 is 0 Å². The summed E-state index contributed by atoms with van der Waals surface area (Å²) in [6.07, 6.45) is 8.16. The molecular weight excluding hydrogens is 340 g/mol. The molecule has 1 saturated carbocycles. The summed E-state index contributed by atoms with van der Waals surface area (Å²) < 4.78 is 5.48. The van der Waals surface area contributed by atoms with Crippen LogP contribution < -0.4 is 0 Å². The van der Waals surface area contributed by atoms with Crippen molar-refractivity contribution in [1.82, 2.24) is 0 Å². The lowest BCUT2D eigenvalue weighted by molar-refractivity contribution is 0.0659. The Labute approximate surface area is 170 Å². The molecule has 0 saturated heterocycles. The predicted molar refractivity (Wildman–Crippen MR) is 117 cm³/mol. The highest BCUT2D eigenvalue weighted by Gasteiger charge is 2.21. The largest absolute Gasteiger partial charge is 0.381 e. The van der Waals surface area contributed by atoms with Gasteiger partial charge in [0.05, 0.1) is 6.10 Å². The number of ether oxygens (including phenoxy) is 1. The fourth-order valence-corrected chi connectivity index (χ4v) is 3.70. The molecule has 0 amide bonds. The van der Waals surface area contributed by atoms with Crippen molar-refractivity contribution in [2.24, 2.45) is 0 Å². The highest BCUT2D eigenvalue weighted by molar-refractivity contribution is 5.44. The molecule has 3 rings (SSSR count). The Bertz CT molecular complexity index is 845. The second-order valence-electron chi connectivity index (χ2n) is 7.56. The van der Waals surface area contributed by atoms with E-state index in [1.165, 1.54) is 36.8 Å². The van der Waals surface area contributed by atoms with Crippen LogP contribution in [-0.2, 0) is 11.2 Å². The Morgan fingerprint density at radius 2 is 1.43 bits per heavy atom. The van der Waals surface area contributed by atoms with E-state index in [2.05, 4.69) is 79.1 Å². The molecule has 0 aliphatic heterocycles. The van der Waals surface area contributed by atoms with Gasteiger partial charge in [-0.15, -0.1) is 5.92 Å². The highest BCUT2D eigenvalue weighted by atomic mass is 16.5. The monoisotopic (exact) mass is 370 g/mol. The van der Waals surface area contributed by atoms with Crippen LogP contribution in [0.1, 0.15) is 73.6 Å². The molecule has 1 heteroatoms. The Kier molecular flexibility index (Phi) is 7.78. The molecule has 0 spiro atoms. The molecule has 0 N–H and O–H groups in total. The van der Waals surface area contributed by atoms with E-state index in [1.807, 2.05) is 7.11 Å². The third-order valence-electron chi connectivity index (χ3n) is 5.49. The maximum absolute atomic E-state index is 5.48. The molecule has 0 atom stereocenters. The third kappa shape index (κ3) is 6.02. The zero-order valence-corrected chi connectivity index (χ0v) is 17.1. The molecule has 0 heterocycles. The van der Waals surface area contributed by atoms with Gasteiger partial charge in [-0.2, -0.15) is 0 Å². The highest BCUT2D eigenvalue weighted by Crippen LogP contribution is 2.33. The summed E-state index contributed by atoms with van der Waals surface area (Å²) in [7, 11) is 1.83. The Hall–Kier alpha value is -2.48. The smallest absolute Gasteiger partial charge is 0.0571 e. The van der Waals surface area contributed by atoms with E-state index in [-0.39, 0.29) is 0 Å². The molecular formula is C27H30O. The second kappa shape index (κ2) is 10.8. The van der Waals surface area contributed by atoms with Crippen LogP contribution in [0.3, 0.4) is 0 Å². The lowest BCUT2D eigenvalue weighted by Gasteiger charge is -2.27. The first-order chi connectivity index (χ1) is 13.8. The fourth-order valence-electron chi connectivity index (χ4n) is 3.70.